The molecule has 1 unspecified atom stereocenters. The van der Waals surface area contributed by atoms with Crippen LogP contribution in [-0.2, 0) is 9.78 Å². The highest BCUT2D eigenvalue weighted by Crippen LogP contribution is 2.15. The number of carbonyl (C=O) groups excluding carboxylic acids is 1. The average Bonchev–Trinajstić information content (AvgIpc) is 2.25. The van der Waals surface area contributed by atoms with Gasteiger partial charge < -0.3 is 0 Å². The second-order valence-corrected chi connectivity index (χ2v) is 3.95. The van der Waals surface area contributed by atoms with Crippen molar-refractivity contribution in [2.45, 2.75) is 40.2 Å². The first-order valence-electron chi connectivity index (χ1n) is 5.50. The number of aryl methyl sites for hydroxylation is 2. The summed E-state index contributed by atoms with van der Waals surface area (Å²) in [6, 6.07) is 5.68. The molecule has 3 nitrogen and oxygen atoms in total. The quantitative estimate of drug-likeness (QED) is 0.579. The first-order valence-corrected chi connectivity index (χ1v) is 5.50. The van der Waals surface area contributed by atoms with Gasteiger partial charge in [-0.2, -0.15) is 4.89 Å². The van der Waals surface area contributed by atoms with E-state index in [0.29, 0.717) is 5.56 Å². The predicted octanol–water partition coefficient (Wildman–Crippen LogP) is 3.19. The Hall–Kier alpha value is -1.35. The monoisotopic (exact) mass is 222 g/mol. The van der Waals surface area contributed by atoms with Crippen LogP contribution in [0.1, 0.15) is 41.8 Å². The van der Waals surface area contributed by atoms with Gasteiger partial charge in [-0.1, -0.05) is 25.1 Å². The van der Waals surface area contributed by atoms with E-state index in [1.54, 1.807) is 0 Å². The minimum atomic E-state index is -0.420. The SMILES string of the molecule is CCC(C)OOC(=O)c1c(C)cccc1C. The molecule has 0 aliphatic carbocycles. The Morgan fingerprint density at radius 2 is 1.88 bits per heavy atom. The zero-order chi connectivity index (χ0) is 12.1. The van der Waals surface area contributed by atoms with E-state index in [1.165, 1.54) is 0 Å². The second-order valence-electron chi connectivity index (χ2n) is 3.95. The normalized spacial score (nSPS) is 12.2. The minimum Gasteiger partial charge on any atom is -0.293 e. The number of benzene rings is 1. The summed E-state index contributed by atoms with van der Waals surface area (Å²) in [6.07, 6.45) is 0.730. The zero-order valence-electron chi connectivity index (χ0n) is 10.2. The molecule has 0 aromatic heterocycles. The van der Waals surface area contributed by atoms with Gasteiger partial charge in [-0.05, 0) is 38.3 Å². The number of carbonyl (C=O) groups is 1. The van der Waals surface area contributed by atoms with Crippen LogP contribution in [0.4, 0.5) is 0 Å². The van der Waals surface area contributed by atoms with Crippen LogP contribution < -0.4 is 0 Å². The van der Waals surface area contributed by atoms with Crippen molar-refractivity contribution in [1.82, 2.24) is 0 Å². The van der Waals surface area contributed by atoms with E-state index in [4.69, 9.17) is 9.78 Å². The number of hydrogen-bond donors (Lipinski definition) is 0. The van der Waals surface area contributed by atoms with Crippen molar-refractivity contribution in [3.05, 3.63) is 34.9 Å². The van der Waals surface area contributed by atoms with Crippen molar-refractivity contribution in [2.24, 2.45) is 0 Å². The summed E-state index contributed by atoms with van der Waals surface area (Å²) < 4.78 is 0. The Morgan fingerprint density at radius 1 is 1.31 bits per heavy atom. The highest BCUT2D eigenvalue weighted by atomic mass is 17.2. The van der Waals surface area contributed by atoms with Crippen LogP contribution >= 0.6 is 0 Å². The molecule has 0 heterocycles. The molecule has 0 fully saturated rings. The molecule has 0 N–H and O–H groups in total. The van der Waals surface area contributed by atoms with E-state index in [0.717, 1.165) is 17.5 Å². The molecule has 0 spiro atoms. The van der Waals surface area contributed by atoms with Gasteiger partial charge >= 0.3 is 5.97 Å². The van der Waals surface area contributed by atoms with Crippen molar-refractivity contribution in [1.29, 1.82) is 0 Å². The average molecular weight is 222 g/mol. The third-order valence-electron chi connectivity index (χ3n) is 2.55. The van der Waals surface area contributed by atoms with Gasteiger partial charge in [0.2, 0.25) is 0 Å². The maximum atomic E-state index is 11.8. The predicted molar refractivity (Wildman–Crippen MR) is 62.2 cm³/mol. The van der Waals surface area contributed by atoms with Crippen molar-refractivity contribution < 1.29 is 14.6 Å². The lowest BCUT2D eigenvalue weighted by molar-refractivity contribution is -0.270. The van der Waals surface area contributed by atoms with E-state index in [-0.39, 0.29) is 6.10 Å². The molecule has 16 heavy (non-hydrogen) atoms. The summed E-state index contributed by atoms with van der Waals surface area (Å²) in [5, 5.41) is 0. The third-order valence-corrected chi connectivity index (χ3v) is 2.55. The molecular formula is C13H18O3. The van der Waals surface area contributed by atoms with Crippen LogP contribution in [-0.4, -0.2) is 12.1 Å². The molecule has 3 heteroatoms. The lowest BCUT2D eigenvalue weighted by Gasteiger charge is -2.11. The fourth-order valence-electron chi connectivity index (χ4n) is 1.37. The molecule has 88 valence electrons. The molecule has 0 amide bonds. The fraction of sp³-hybridized carbons (Fsp3) is 0.462. The smallest absolute Gasteiger partial charge is 0.293 e. The van der Waals surface area contributed by atoms with Crippen molar-refractivity contribution in [2.75, 3.05) is 0 Å². The topological polar surface area (TPSA) is 35.5 Å². The van der Waals surface area contributed by atoms with Gasteiger partial charge in [0.25, 0.3) is 0 Å². The first kappa shape index (κ1) is 12.7. The van der Waals surface area contributed by atoms with Crippen LogP contribution in [0.3, 0.4) is 0 Å². The molecule has 1 aromatic rings. The van der Waals surface area contributed by atoms with Crippen LogP contribution in [0.2, 0.25) is 0 Å². The lowest BCUT2D eigenvalue weighted by atomic mass is 10.0. The van der Waals surface area contributed by atoms with Crippen LogP contribution in [0.5, 0.6) is 0 Å². The van der Waals surface area contributed by atoms with Gasteiger partial charge in [0, 0.05) is 0 Å². The van der Waals surface area contributed by atoms with Crippen molar-refractivity contribution in [3.63, 3.8) is 0 Å². The summed E-state index contributed by atoms with van der Waals surface area (Å²) in [5.74, 6) is -0.420. The highest BCUT2D eigenvalue weighted by Gasteiger charge is 2.15. The third kappa shape index (κ3) is 3.07. The Morgan fingerprint density at radius 3 is 2.38 bits per heavy atom. The van der Waals surface area contributed by atoms with Crippen LogP contribution in [0.25, 0.3) is 0 Å². The van der Waals surface area contributed by atoms with E-state index >= 15 is 0 Å². The highest BCUT2D eigenvalue weighted by molar-refractivity contribution is 5.92. The summed E-state index contributed by atoms with van der Waals surface area (Å²) >= 11 is 0. The summed E-state index contributed by atoms with van der Waals surface area (Å²) in [5.41, 5.74) is 2.39. The van der Waals surface area contributed by atoms with Gasteiger partial charge in [-0.25, -0.2) is 4.79 Å². The van der Waals surface area contributed by atoms with E-state index in [2.05, 4.69) is 0 Å². The van der Waals surface area contributed by atoms with Crippen LogP contribution in [0, 0.1) is 13.8 Å². The molecule has 0 saturated heterocycles. The van der Waals surface area contributed by atoms with E-state index in [1.807, 2.05) is 45.9 Å². The van der Waals surface area contributed by atoms with Crippen molar-refractivity contribution in [3.8, 4) is 0 Å². The molecule has 1 rings (SSSR count). The summed E-state index contributed by atoms with van der Waals surface area (Å²) in [7, 11) is 0. The van der Waals surface area contributed by atoms with Crippen LogP contribution in [0.15, 0.2) is 18.2 Å². The largest absolute Gasteiger partial charge is 0.373 e. The van der Waals surface area contributed by atoms with Gasteiger partial charge in [0.05, 0.1) is 5.56 Å². The minimum absolute atomic E-state index is 0.0757. The molecule has 1 aromatic carbocycles. The van der Waals surface area contributed by atoms with Gasteiger partial charge in [0.1, 0.15) is 6.10 Å². The summed E-state index contributed by atoms with van der Waals surface area (Å²) in [4.78, 5) is 21.5. The maximum absolute atomic E-state index is 11.8. The molecular weight excluding hydrogens is 204 g/mol. The molecule has 1 atom stereocenters. The first-order chi connectivity index (χ1) is 7.56. The molecule has 0 bridgehead atoms. The zero-order valence-corrected chi connectivity index (χ0v) is 10.2. The van der Waals surface area contributed by atoms with E-state index < -0.39 is 5.97 Å². The molecule has 0 radical (unpaired) electrons. The number of rotatable bonds is 4. The van der Waals surface area contributed by atoms with Gasteiger partial charge in [-0.15, -0.1) is 0 Å². The fourth-order valence-corrected chi connectivity index (χ4v) is 1.37. The van der Waals surface area contributed by atoms with E-state index in [9.17, 15) is 4.79 Å². The number of hydrogen-bond acceptors (Lipinski definition) is 3. The Bertz CT molecular complexity index is 351. The Labute approximate surface area is 96.3 Å². The maximum Gasteiger partial charge on any atom is 0.373 e. The standard InChI is InChI=1S/C13H18O3/c1-5-11(4)15-16-13(14)12-9(2)7-6-8-10(12)3/h6-8,11H,5H2,1-4H3. The Balaban J connectivity index is 2.73. The molecule has 0 aliphatic rings. The van der Waals surface area contributed by atoms with Gasteiger partial charge in [-0.3, -0.25) is 4.89 Å². The van der Waals surface area contributed by atoms with Gasteiger partial charge in [0.15, 0.2) is 0 Å². The molecule has 0 saturated carbocycles. The Kier molecular flexibility index (Phi) is 4.50. The molecule has 0 aliphatic heterocycles. The summed E-state index contributed by atoms with van der Waals surface area (Å²) in [6.45, 7) is 7.59. The lowest BCUT2D eigenvalue weighted by Crippen LogP contribution is -2.14. The van der Waals surface area contributed by atoms with Crippen molar-refractivity contribution >= 4 is 5.97 Å². The second kappa shape index (κ2) is 5.66.